The molecule has 7 heteroatoms. The Kier molecular flexibility index (Phi) is 7.35. The number of thioether (sulfide) groups is 2. The third-order valence-corrected chi connectivity index (χ3v) is 4.61. The van der Waals surface area contributed by atoms with Crippen LogP contribution in [0.25, 0.3) is 0 Å². The van der Waals surface area contributed by atoms with Crippen LogP contribution in [0.15, 0.2) is 53.6 Å². The minimum absolute atomic E-state index is 0.180. The van der Waals surface area contributed by atoms with Crippen LogP contribution in [0.2, 0.25) is 0 Å². The maximum Gasteiger partial charge on any atom is 0.288 e. The summed E-state index contributed by atoms with van der Waals surface area (Å²) in [6.45, 7) is 0. The Morgan fingerprint density at radius 2 is 1.96 bits per heavy atom. The molecule has 1 N–H and O–H groups in total. The lowest BCUT2D eigenvalue weighted by Crippen LogP contribution is -2.13. The summed E-state index contributed by atoms with van der Waals surface area (Å²) in [4.78, 5) is 16.5. The molecule has 0 aliphatic rings. The fourth-order valence-corrected chi connectivity index (χ4v) is 3.26. The summed E-state index contributed by atoms with van der Waals surface area (Å²) in [5.74, 6) is -1.30. The number of anilines is 1. The van der Waals surface area contributed by atoms with Gasteiger partial charge in [0.2, 0.25) is 5.91 Å². The molecule has 23 heavy (non-hydrogen) atoms. The number of hydrogen-bond donors (Lipinski definition) is 1. The zero-order chi connectivity index (χ0) is 16.5. The monoisotopic (exact) mass is 354 g/mol. The Balaban J connectivity index is 1.76. The standard InChI is InChI=1S/C16H16F2N2OS2/c17-16(18)23-14-7-2-1-6-13(14)20-15(21)8-10-22-11-12-5-3-4-9-19-12/h1-7,9,16H,8,10-11H2,(H,20,21). The Hall–Kier alpha value is -1.60. The number of carbonyl (C=O) groups excluding carboxylic acids is 1. The number of halogens is 2. The second-order valence-corrected chi connectivity index (χ2v) is 6.68. The zero-order valence-corrected chi connectivity index (χ0v) is 13.9. The smallest absolute Gasteiger partial charge is 0.288 e. The predicted octanol–water partition coefficient (Wildman–Crippen LogP) is 4.66. The Labute approximate surface area is 142 Å². The van der Waals surface area contributed by atoms with Gasteiger partial charge in [-0.25, -0.2) is 0 Å². The first kappa shape index (κ1) is 17.7. The number of amides is 1. The van der Waals surface area contributed by atoms with Crippen molar-refractivity contribution in [2.75, 3.05) is 11.1 Å². The van der Waals surface area contributed by atoms with E-state index in [1.807, 2.05) is 18.2 Å². The average Bonchev–Trinajstić information content (AvgIpc) is 2.54. The van der Waals surface area contributed by atoms with Crippen molar-refractivity contribution in [2.24, 2.45) is 0 Å². The molecule has 0 atom stereocenters. The van der Waals surface area contributed by atoms with Crippen LogP contribution in [0.5, 0.6) is 0 Å². The molecule has 0 unspecified atom stereocenters. The molecule has 0 saturated heterocycles. The first-order valence-corrected chi connectivity index (χ1v) is 9.00. The Bertz CT molecular complexity index is 626. The second kappa shape index (κ2) is 9.52. The number of pyridine rings is 1. The van der Waals surface area contributed by atoms with Gasteiger partial charge >= 0.3 is 0 Å². The molecule has 0 aliphatic heterocycles. The fraction of sp³-hybridized carbons (Fsp3) is 0.250. The molecule has 1 amide bonds. The second-order valence-electron chi connectivity index (χ2n) is 4.55. The van der Waals surface area contributed by atoms with Crippen molar-refractivity contribution < 1.29 is 13.6 Å². The van der Waals surface area contributed by atoms with Crippen LogP contribution in [0.4, 0.5) is 14.5 Å². The van der Waals surface area contributed by atoms with Crippen molar-refractivity contribution >= 4 is 35.1 Å². The largest absolute Gasteiger partial charge is 0.325 e. The molecule has 2 aromatic rings. The van der Waals surface area contributed by atoms with E-state index in [-0.39, 0.29) is 5.91 Å². The summed E-state index contributed by atoms with van der Waals surface area (Å²) in [5.41, 5.74) is 1.40. The first-order chi connectivity index (χ1) is 11.1. The van der Waals surface area contributed by atoms with Crippen LogP contribution in [-0.2, 0) is 10.5 Å². The summed E-state index contributed by atoms with van der Waals surface area (Å²) in [6, 6.07) is 12.3. The van der Waals surface area contributed by atoms with Crippen molar-refractivity contribution in [3.05, 3.63) is 54.4 Å². The van der Waals surface area contributed by atoms with Crippen molar-refractivity contribution in [1.29, 1.82) is 0 Å². The maximum absolute atomic E-state index is 12.5. The predicted molar refractivity (Wildman–Crippen MR) is 91.9 cm³/mol. The zero-order valence-electron chi connectivity index (χ0n) is 12.2. The van der Waals surface area contributed by atoms with Crippen LogP contribution in [-0.4, -0.2) is 22.4 Å². The number of hydrogen-bond acceptors (Lipinski definition) is 4. The molecule has 0 saturated carbocycles. The van der Waals surface area contributed by atoms with E-state index in [0.29, 0.717) is 34.5 Å². The summed E-state index contributed by atoms with van der Waals surface area (Å²) in [6.07, 6.45) is 2.06. The van der Waals surface area contributed by atoms with Gasteiger partial charge in [0.05, 0.1) is 11.4 Å². The molecule has 122 valence electrons. The molecule has 0 fully saturated rings. The van der Waals surface area contributed by atoms with Gasteiger partial charge in [-0.1, -0.05) is 30.0 Å². The SMILES string of the molecule is O=C(CCSCc1ccccn1)Nc1ccccc1SC(F)F. The van der Waals surface area contributed by atoms with E-state index in [1.54, 1.807) is 42.2 Å². The maximum atomic E-state index is 12.5. The molecule has 0 spiro atoms. The van der Waals surface area contributed by atoms with Crippen molar-refractivity contribution in [2.45, 2.75) is 22.8 Å². The van der Waals surface area contributed by atoms with Gasteiger partial charge in [-0.2, -0.15) is 20.5 Å². The van der Waals surface area contributed by atoms with Crippen molar-refractivity contribution in [3.63, 3.8) is 0 Å². The topological polar surface area (TPSA) is 42.0 Å². The highest BCUT2D eigenvalue weighted by atomic mass is 32.2. The summed E-state index contributed by atoms with van der Waals surface area (Å²) < 4.78 is 25.0. The van der Waals surface area contributed by atoms with Crippen molar-refractivity contribution in [1.82, 2.24) is 4.98 Å². The van der Waals surface area contributed by atoms with E-state index in [1.165, 1.54) is 0 Å². The van der Waals surface area contributed by atoms with E-state index < -0.39 is 5.76 Å². The molecular formula is C16H16F2N2OS2. The highest BCUT2D eigenvalue weighted by Gasteiger charge is 2.11. The van der Waals surface area contributed by atoms with Gasteiger partial charge in [0.1, 0.15) is 0 Å². The molecule has 0 aliphatic carbocycles. The van der Waals surface area contributed by atoms with E-state index in [2.05, 4.69) is 10.3 Å². The van der Waals surface area contributed by atoms with Gasteiger partial charge in [0.25, 0.3) is 5.76 Å². The highest BCUT2D eigenvalue weighted by Crippen LogP contribution is 2.31. The molecule has 1 aromatic carbocycles. The molecule has 0 radical (unpaired) electrons. The van der Waals surface area contributed by atoms with Crippen LogP contribution < -0.4 is 5.32 Å². The quantitative estimate of drug-likeness (QED) is 0.553. The average molecular weight is 354 g/mol. The number of alkyl halides is 2. The minimum atomic E-state index is -2.51. The van der Waals surface area contributed by atoms with Crippen molar-refractivity contribution in [3.8, 4) is 0 Å². The lowest BCUT2D eigenvalue weighted by molar-refractivity contribution is -0.115. The Morgan fingerprint density at radius 1 is 1.17 bits per heavy atom. The van der Waals surface area contributed by atoms with E-state index in [0.717, 1.165) is 11.4 Å². The van der Waals surface area contributed by atoms with Gasteiger partial charge in [-0.05, 0) is 24.3 Å². The summed E-state index contributed by atoms with van der Waals surface area (Å²) in [7, 11) is 0. The van der Waals surface area contributed by atoms with Gasteiger partial charge in [-0.3, -0.25) is 9.78 Å². The molecule has 1 heterocycles. The van der Waals surface area contributed by atoms with Crippen LogP contribution in [0, 0.1) is 0 Å². The van der Waals surface area contributed by atoms with Gasteiger partial charge in [0.15, 0.2) is 0 Å². The number of aromatic nitrogens is 1. The lowest BCUT2D eigenvalue weighted by atomic mass is 10.3. The molecule has 2 rings (SSSR count). The normalized spacial score (nSPS) is 10.7. The number of nitrogens with one attached hydrogen (secondary N) is 1. The molecular weight excluding hydrogens is 338 g/mol. The third-order valence-electron chi connectivity index (χ3n) is 2.83. The third kappa shape index (κ3) is 6.58. The van der Waals surface area contributed by atoms with Gasteiger partial charge in [-0.15, -0.1) is 0 Å². The van der Waals surface area contributed by atoms with Crippen LogP contribution >= 0.6 is 23.5 Å². The van der Waals surface area contributed by atoms with Crippen LogP contribution in [0.3, 0.4) is 0 Å². The summed E-state index contributed by atoms with van der Waals surface area (Å²) >= 11 is 2.04. The highest BCUT2D eigenvalue weighted by molar-refractivity contribution is 7.99. The lowest BCUT2D eigenvalue weighted by Gasteiger charge is -2.10. The number of rotatable bonds is 8. The molecule has 1 aromatic heterocycles. The van der Waals surface area contributed by atoms with Gasteiger partial charge < -0.3 is 5.32 Å². The van der Waals surface area contributed by atoms with Gasteiger partial charge in [0, 0.05) is 29.0 Å². The van der Waals surface area contributed by atoms with E-state index >= 15 is 0 Å². The summed E-state index contributed by atoms with van der Waals surface area (Å²) in [5, 5.41) is 2.69. The number of carbonyl (C=O) groups is 1. The number of nitrogens with zero attached hydrogens (tertiary/aromatic N) is 1. The number of benzene rings is 1. The Morgan fingerprint density at radius 3 is 2.70 bits per heavy atom. The number of para-hydroxylation sites is 1. The molecule has 3 nitrogen and oxygen atoms in total. The fourth-order valence-electron chi connectivity index (χ4n) is 1.81. The minimum Gasteiger partial charge on any atom is -0.325 e. The van der Waals surface area contributed by atoms with E-state index in [9.17, 15) is 13.6 Å². The van der Waals surface area contributed by atoms with E-state index in [4.69, 9.17) is 0 Å². The first-order valence-electron chi connectivity index (χ1n) is 6.96. The molecule has 0 bridgehead atoms. The van der Waals surface area contributed by atoms with Crippen LogP contribution in [0.1, 0.15) is 12.1 Å².